The molecule has 7 nitrogen and oxygen atoms in total. The standard InChI is InChI=1S/C13H13N5O2/c1-8-5-12(20)16-13(15-8)18-17-11(7-14)9-3-2-4-10(19)6-9/h2-6,11,17,19H,1H3,(H2,15,16,18,20). The Hall–Kier alpha value is -2.85. The molecule has 4 N–H and O–H groups in total. The second-order valence-corrected chi connectivity index (χ2v) is 4.16. The molecule has 2 rings (SSSR count). The van der Waals surface area contributed by atoms with Gasteiger partial charge in [0.25, 0.3) is 5.56 Å². The van der Waals surface area contributed by atoms with E-state index in [0.717, 1.165) is 0 Å². The van der Waals surface area contributed by atoms with Gasteiger partial charge in [-0.3, -0.25) is 15.2 Å². The number of phenolic OH excluding ortho intramolecular Hbond substituents is 1. The van der Waals surface area contributed by atoms with E-state index in [1.807, 2.05) is 6.07 Å². The van der Waals surface area contributed by atoms with Gasteiger partial charge < -0.3 is 5.11 Å². The molecule has 2 aromatic rings. The van der Waals surface area contributed by atoms with Crippen LogP contribution in [-0.2, 0) is 0 Å². The first kappa shape index (κ1) is 13.6. The lowest BCUT2D eigenvalue weighted by Crippen LogP contribution is -2.28. The molecule has 0 aliphatic heterocycles. The number of aromatic hydroxyl groups is 1. The molecule has 102 valence electrons. The van der Waals surface area contributed by atoms with Crippen molar-refractivity contribution in [3.63, 3.8) is 0 Å². The topological polar surface area (TPSA) is 114 Å². The molecule has 1 heterocycles. The van der Waals surface area contributed by atoms with Crippen LogP contribution in [0.3, 0.4) is 0 Å². The first-order valence-corrected chi connectivity index (χ1v) is 5.86. The summed E-state index contributed by atoms with van der Waals surface area (Å²) in [5, 5.41) is 18.5. The molecule has 0 fully saturated rings. The van der Waals surface area contributed by atoms with Gasteiger partial charge in [0, 0.05) is 11.8 Å². The van der Waals surface area contributed by atoms with Crippen molar-refractivity contribution >= 4 is 5.95 Å². The van der Waals surface area contributed by atoms with Crippen LogP contribution < -0.4 is 16.4 Å². The highest BCUT2D eigenvalue weighted by molar-refractivity contribution is 5.33. The minimum Gasteiger partial charge on any atom is -0.508 e. The van der Waals surface area contributed by atoms with Gasteiger partial charge in [0.05, 0.1) is 6.07 Å². The molecule has 20 heavy (non-hydrogen) atoms. The van der Waals surface area contributed by atoms with Crippen LogP contribution >= 0.6 is 0 Å². The Morgan fingerprint density at radius 1 is 1.45 bits per heavy atom. The van der Waals surface area contributed by atoms with Gasteiger partial charge in [-0.2, -0.15) is 5.26 Å². The quantitative estimate of drug-likeness (QED) is 0.616. The number of hydrogen-bond acceptors (Lipinski definition) is 6. The number of hydrazine groups is 1. The number of H-pyrrole nitrogens is 1. The Balaban J connectivity index is 2.12. The van der Waals surface area contributed by atoms with Crippen LogP contribution in [0.25, 0.3) is 0 Å². The molecule has 0 radical (unpaired) electrons. The molecule has 0 amide bonds. The largest absolute Gasteiger partial charge is 0.508 e. The van der Waals surface area contributed by atoms with Gasteiger partial charge in [0.1, 0.15) is 11.8 Å². The number of phenols is 1. The van der Waals surface area contributed by atoms with Crippen molar-refractivity contribution < 1.29 is 5.11 Å². The summed E-state index contributed by atoms with van der Waals surface area (Å²) < 4.78 is 0. The lowest BCUT2D eigenvalue weighted by Gasteiger charge is -2.13. The second kappa shape index (κ2) is 5.86. The summed E-state index contributed by atoms with van der Waals surface area (Å²) in [6.07, 6.45) is 0. The Morgan fingerprint density at radius 2 is 2.25 bits per heavy atom. The summed E-state index contributed by atoms with van der Waals surface area (Å²) >= 11 is 0. The number of rotatable bonds is 4. The number of nitriles is 1. The van der Waals surface area contributed by atoms with Gasteiger partial charge >= 0.3 is 0 Å². The third-order valence-electron chi connectivity index (χ3n) is 2.54. The molecule has 0 aliphatic rings. The van der Waals surface area contributed by atoms with Crippen molar-refractivity contribution in [2.75, 3.05) is 5.43 Å². The van der Waals surface area contributed by atoms with Gasteiger partial charge in [0.15, 0.2) is 0 Å². The maximum absolute atomic E-state index is 11.3. The minimum absolute atomic E-state index is 0.0756. The third-order valence-corrected chi connectivity index (χ3v) is 2.54. The normalized spacial score (nSPS) is 11.6. The first-order valence-electron chi connectivity index (χ1n) is 5.86. The predicted molar refractivity (Wildman–Crippen MR) is 72.8 cm³/mol. The molecule has 1 atom stereocenters. The van der Waals surface area contributed by atoms with Crippen molar-refractivity contribution in [1.29, 1.82) is 5.26 Å². The van der Waals surface area contributed by atoms with E-state index >= 15 is 0 Å². The van der Waals surface area contributed by atoms with Crippen molar-refractivity contribution in [1.82, 2.24) is 15.4 Å². The van der Waals surface area contributed by atoms with E-state index in [-0.39, 0.29) is 17.3 Å². The molecule has 0 saturated carbocycles. The summed E-state index contributed by atoms with van der Waals surface area (Å²) in [6.45, 7) is 1.69. The van der Waals surface area contributed by atoms with Crippen LogP contribution in [0.2, 0.25) is 0 Å². The summed E-state index contributed by atoms with van der Waals surface area (Å²) in [6, 6.07) is 9.05. The van der Waals surface area contributed by atoms with Crippen LogP contribution in [0.1, 0.15) is 17.3 Å². The summed E-state index contributed by atoms with van der Waals surface area (Å²) in [5.41, 5.74) is 6.27. The Bertz CT molecular complexity index is 704. The van der Waals surface area contributed by atoms with E-state index in [9.17, 15) is 9.90 Å². The second-order valence-electron chi connectivity index (χ2n) is 4.16. The van der Waals surface area contributed by atoms with E-state index in [1.54, 1.807) is 19.1 Å². The lowest BCUT2D eigenvalue weighted by molar-refractivity contribution is 0.474. The Labute approximate surface area is 114 Å². The van der Waals surface area contributed by atoms with E-state index < -0.39 is 6.04 Å². The predicted octanol–water partition coefficient (Wildman–Crippen LogP) is 0.965. The maximum atomic E-state index is 11.3. The van der Waals surface area contributed by atoms with Gasteiger partial charge in [-0.15, -0.1) is 0 Å². The zero-order chi connectivity index (χ0) is 14.5. The molecule has 0 bridgehead atoms. The number of nitrogens with zero attached hydrogens (tertiary/aromatic N) is 2. The first-order chi connectivity index (χ1) is 9.58. The Morgan fingerprint density at radius 3 is 2.90 bits per heavy atom. The SMILES string of the molecule is Cc1cc(=O)[nH]c(NNC(C#N)c2cccc(O)c2)n1. The summed E-state index contributed by atoms with van der Waals surface area (Å²) in [5.74, 6) is 0.294. The number of aromatic amines is 1. The van der Waals surface area contributed by atoms with Crippen LogP contribution in [0.5, 0.6) is 5.75 Å². The van der Waals surface area contributed by atoms with Crippen LogP contribution in [0.4, 0.5) is 5.95 Å². The average Bonchev–Trinajstić information content (AvgIpc) is 2.38. The van der Waals surface area contributed by atoms with E-state index in [0.29, 0.717) is 11.3 Å². The van der Waals surface area contributed by atoms with E-state index in [1.165, 1.54) is 18.2 Å². The molecule has 1 aromatic carbocycles. The van der Waals surface area contributed by atoms with Gasteiger partial charge in [-0.25, -0.2) is 10.4 Å². The van der Waals surface area contributed by atoms with Crippen LogP contribution in [-0.4, -0.2) is 15.1 Å². The zero-order valence-corrected chi connectivity index (χ0v) is 10.7. The van der Waals surface area contributed by atoms with Crippen molar-refractivity contribution in [3.8, 4) is 11.8 Å². The lowest BCUT2D eigenvalue weighted by atomic mass is 10.1. The zero-order valence-electron chi connectivity index (χ0n) is 10.7. The van der Waals surface area contributed by atoms with E-state index in [4.69, 9.17) is 5.26 Å². The van der Waals surface area contributed by atoms with Crippen LogP contribution in [0.15, 0.2) is 35.1 Å². The van der Waals surface area contributed by atoms with E-state index in [2.05, 4.69) is 20.8 Å². The fourth-order valence-corrected chi connectivity index (χ4v) is 1.67. The molecule has 1 unspecified atom stereocenters. The number of benzene rings is 1. The molecule has 1 aromatic heterocycles. The summed E-state index contributed by atoms with van der Waals surface area (Å²) in [7, 11) is 0. The number of nitrogens with one attached hydrogen (secondary N) is 3. The molecular weight excluding hydrogens is 258 g/mol. The number of anilines is 1. The fourth-order valence-electron chi connectivity index (χ4n) is 1.67. The molecule has 0 saturated heterocycles. The highest BCUT2D eigenvalue weighted by Crippen LogP contribution is 2.17. The fraction of sp³-hybridized carbons (Fsp3) is 0.154. The van der Waals surface area contributed by atoms with Gasteiger partial charge in [-0.1, -0.05) is 12.1 Å². The molecule has 7 heteroatoms. The average molecular weight is 271 g/mol. The van der Waals surface area contributed by atoms with Crippen molar-refractivity contribution in [3.05, 3.63) is 51.9 Å². The number of aryl methyl sites for hydroxylation is 1. The Kier molecular flexibility index (Phi) is 3.98. The molecule has 0 aliphatic carbocycles. The van der Waals surface area contributed by atoms with Gasteiger partial charge in [-0.05, 0) is 24.6 Å². The number of aromatic nitrogens is 2. The number of hydrogen-bond donors (Lipinski definition) is 4. The third kappa shape index (κ3) is 3.34. The smallest absolute Gasteiger partial charge is 0.252 e. The maximum Gasteiger partial charge on any atom is 0.252 e. The molecular formula is C13H13N5O2. The van der Waals surface area contributed by atoms with Crippen molar-refractivity contribution in [2.45, 2.75) is 13.0 Å². The highest BCUT2D eigenvalue weighted by Gasteiger charge is 2.10. The minimum atomic E-state index is -0.701. The highest BCUT2D eigenvalue weighted by atomic mass is 16.3. The monoisotopic (exact) mass is 271 g/mol. The van der Waals surface area contributed by atoms with Crippen LogP contribution in [0, 0.1) is 18.3 Å². The van der Waals surface area contributed by atoms with Gasteiger partial charge in [0.2, 0.25) is 5.95 Å². The molecule has 0 spiro atoms. The van der Waals surface area contributed by atoms with Crippen molar-refractivity contribution in [2.24, 2.45) is 0 Å². The summed E-state index contributed by atoms with van der Waals surface area (Å²) in [4.78, 5) is 17.8.